The van der Waals surface area contributed by atoms with E-state index in [0.717, 1.165) is 16.9 Å². The molecule has 2 heterocycles. The molecule has 0 fully saturated rings. The van der Waals surface area contributed by atoms with Crippen LogP contribution in [-0.2, 0) is 13.1 Å². The average Bonchev–Trinajstić information content (AvgIpc) is 3.19. The molecule has 1 amide bonds. The number of aromatic nitrogens is 1. The second kappa shape index (κ2) is 8.60. The fourth-order valence-corrected chi connectivity index (χ4v) is 3.55. The molecule has 0 bridgehead atoms. The van der Waals surface area contributed by atoms with Crippen LogP contribution in [0.15, 0.2) is 60.2 Å². The number of carbonyl (C=O) groups is 2. The van der Waals surface area contributed by atoms with E-state index in [1.807, 2.05) is 36.4 Å². The number of ether oxygens (including phenoxy) is 1. The number of benzene rings is 1. The van der Waals surface area contributed by atoms with Crippen LogP contribution in [0, 0.1) is 0 Å². The summed E-state index contributed by atoms with van der Waals surface area (Å²) in [7, 11) is 1.62. The lowest BCUT2D eigenvalue weighted by Gasteiger charge is -2.23. The van der Waals surface area contributed by atoms with Crippen LogP contribution in [-0.4, -0.2) is 28.7 Å². The summed E-state index contributed by atoms with van der Waals surface area (Å²) in [5.41, 5.74) is 2.42. The zero-order chi connectivity index (χ0) is 19.2. The number of para-hydroxylation sites is 1. The molecule has 0 atom stereocenters. The molecule has 0 aliphatic rings. The van der Waals surface area contributed by atoms with Gasteiger partial charge in [0, 0.05) is 36.4 Å². The zero-order valence-electron chi connectivity index (χ0n) is 15.2. The molecule has 5 nitrogen and oxygen atoms in total. The molecule has 3 aromatic rings. The molecule has 138 valence electrons. The summed E-state index contributed by atoms with van der Waals surface area (Å²) < 4.78 is 5.43. The van der Waals surface area contributed by atoms with Crippen LogP contribution in [0.4, 0.5) is 0 Å². The fraction of sp³-hybridized carbons (Fsp3) is 0.190. The van der Waals surface area contributed by atoms with Crippen molar-refractivity contribution in [3.63, 3.8) is 0 Å². The van der Waals surface area contributed by atoms with E-state index in [2.05, 4.69) is 4.98 Å². The van der Waals surface area contributed by atoms with Crippen molar-refractivity contribution in [1.29, 1.82) is 0 Å². The maximum Gasteiger partial charge on any atom is 0.255 e. The molecule has 6 heteroatoms. The van der Waals surface area contributed by atoms with Gasteiger partial charge >= 0.3 is 0 Å². The van der Waals surface area contributed by atoms with Crippen molar-refractivity contribution >= 4 is 23.0 Å². The number of rotatable bonds is 7. The number of Topliss-reactive ketones (excluding diaryl/α,β-unsaturated/α-hetero) is 1. The number of carbonyl (C=O) groups excluding carboxylic acids is 2. The van der Waals surface area contributed by atoms with Crippen molar-refractivity contribution in [3.8, 4) is 5.75 Å². The van der Waals surface area contributed by atoms with E-state index in [1.54, 1.807) is 35.8 Å². The molecule has 0 spiro atoms. The lowest BCUT2D eigenvalue weighted by molar-refractivity contribution is 0.0729. The van der Waals surface area contributed by atoms with Gasteiger partial charge in [0.1, 0.15) is 5.75 Å². The van der Waals surface area contributed by atoms with Gasteiger partial charge in [-0.3, -0.25) is 14.6 Å². The van der Waals surface area contributed by atoms with E-state index >= 15 is 0 Å². The average molecular weight is 380 g/mol. The predicted octanol–water partition coefficient (Wildman–Crippen LogP) is 4.20. The van der Waals surface area contributed by atoms with Crippen LogP contribution >= 0.6 is 11.3 Å². The smallest absolute Gasteiger partial charge is 0.255 e. The third kappa shape index (κ3) is 4.60. The number of ketones is 1. The summed E-state index contributed by atoms with van der Waals surface area (Å²) in [6.07, 6.45) is 3.42. The Bertz CT molecular complexity index is 937. The molecule has 0 N–H and O–H groups in total. The van der Waals surface area contributed by atoms with Gasteiger partial charge in [-0.05, 0) is 36.8 Å². The predicted molar refractivity (Wildman–Crippen MR) is 105 cm³/mol. The molecule has 0 unspecified atom stereocenters. The highest BCUT2D eigenvalue weighted by atomic mass is 32.1. The maximum absolute atomic E-state index is 13.2. The van der Waals surface area contributed by atoms with E-state index in [0.29, 0.717) is 23.5 Å². The Morgan fingerprint density at radius 1 is 1.11 bits per heavy atom. The second-order valence-corrected chi connectivity index (χ2v) is 7.00. The van der Waals surface area contributed by atoms with Crippen LogP contribution in [0.25, 0.3) is 0 Å². The van der Waals surface area contributed by atoms with Crippen molar-refractivity contribution in [2.24, 2.45) is 0 Å². The number of hydrogen-bond donors (Lipinski definition) is 0. The quantitative estimate of drug-likeness (QED) is 0.577. The SMILES string of the molecule is COc1ccccc1CN(Cc1ccncc1)C(=O)c1csc(C(C)=O)c1. The topological polar surface area (TPSA) is 59.5 Å². The summed E-state index contributed by atoms with van der Waals surface area (Å²) in [5.74, 6) is 0.575. The third-order valence-corrected chi connectivity index (χ3v) is 5.19. The molecule has 2 aromatic heterocycles. The monoisotopic (exact) mass is 380 g/mol. The van der Waals surface area contributed by atoms with Gasteiger partial charge in [-0.25, -0.2) is 0 Å². The molecule has 3 rings (SSSR count). The number of hydrogen-bond acceptors (Lipinski definition) is 5. The standard InChI is InChI=1S/C21H20N2O3S/c1-15(24)20-11-18(14-27-20)21(25)23(12-16-7-9-22-10-8-16)13-17-5-3-4-6-19(17)26-2/h3-11,14H,12-13H2,1-2H3. The minimum atomic E-state index is -0.124. The number of amides is 1. The van der Waals surface area contributed by atoms with Gasteiger partial charge in [0.25, 0.3) is 5.91 Å². The molecule has 0 radical (unpaired) electrons. The van der Waals surface area contributed by atoms with Crippen molar-refractivity contribution in [1.82, 2.24) is 9.88 Å². The van der Waals surface area contributed by atoms with E-state index in [9.17, 15) is 9.59 Å². The van der Waals surface area contributed by atoms with Crippen molar-refractivity contribution in [2.45, 2.75) is 20.0 Å². The maximum atomic E-state index is 13.2. The van der Waals surface area contributed by atoms with Crippen LogP contribution in [0.5, 0.6) is 5.75 Å². The molecule has 27 heavy (non-hydrogen) atoms. The van der Waals surface area contributed by atoms with Crippen molar-refractivity contribution in [2.75, 3.05) is 7.11 Å². The minimum Gasteiger partial charge on any atom is -0.496 e. The van der Waals surface area contributed by atoms with E-state index in [1.165, 1.54) is 18.3 Å². The molecule has 0 saturated heterocycles. The Morgan fingerprint density at radius 3 is 2.52 bits per heavy atom. The van der Waals surface area contributed by atoms with Crippen molar-refractivity contribution < 1.29 is 14.3 Å². The van der Waals surface area contributed by atoms with Gasteiger partial charge in [0.05, 0.1) is 17.6 Å². The first kappa shape index (κ1) is 18.8. The lowest BCUT2D eigenvalue weighted by Crippen LogP contribution is -2.30. The number of methoxy groups -OCH3 is 1. The van der Waals surface area contributed by atoms with Crippen molar-refractivity contribution in [3.05, 3.63) is 81.8 Å². The number of pyridine rings is 1. The molecular weight excluding hydrogens is 360 g/mol. The Balaban J connectivity index is 1.90. The van der Waals surface area contributed by atoms with Gasteiger partial charge in [0.15, 0.2) is 5.78 Å². The van der Waals surface area contributed by atoms with Gasteiger partial charge in [0.2, 0.25) is 0 Å². The normalized spacial score (nSPS) is 10.4. The Kier molecular flexibility index (Phi) is 5.98. The molecule has 0 aliphatic heterocycles. The number of nitrogens with zero attached hydrogens (tertiary/aromatic N) is 2. The Morgan fingerprint density at radius 2 is 1.85 bits per heavy atom. The highest BCUT2D eigenvalue weighted by Gasteiger charge is 2.20. The van der Waals surface area contributed by atoms with Gasteiger partial charge in [-0.2, -0.15) is 0 Å². The van der Waals surface area contributed by atoms with Crippen LogP contribution in [0.3, 0.4) is 0 Å². The van der Waals surface area contributed by atoms with Crippen LogP contribution in [0.2, 0.25) is 0 Å². The summed E-state index contributed by atoms with van der Waals surface area (Å²) in [6, 6.07) is 13.1. The minimum absolute atomic E-state index is 0.0375. The first-order valence-corrected chi connectivity index (χ1v) is 9.36. The van der Waals surface area contributed by atoms with Gasteiger partial charge in [-0.1, -0.05) is 18.2 Å². The zero-order valence-corrected chi connectivity index (χ0v) is 16.0. The number of thiophene rings is 1. The summed E-state index contributed by atoms with van der Waals surface area (Å²) >= 11 is 1.29. The van der Waals surface area contributed by atoms with E-state index < -0.39 is 0 Å². The van der Waals surface area contributed by atoms with Crippen LogP contribution < -0.4 is 4.74 Å². The summed E-state index contributed by atoms with van der Waals surface area (Å²) in [5, 5.41) is 1.74. The largest absolute Gasteiger partial charge is 0.496 e. The molecule has 0 saturated carbocycles. The van der Waals surface area contributed by atoms with E-state index in [-0.39, 0.29) is 11.7 Å². The van der Waals surface area contributed by atoms with Gasteiger partial charge in [-0.15, -0.1) is 11.3 Å². The highest BCUT2D eigenvalue weighted by molar-refractivity contribution is 7.12. The van der Waals surface area contributed by atoms with E-state index in [4.69, 9.17) is 4.74 Å². The molecular formula is C21H20N2O3S. The molecule has 1 aromatic carbocycles. The Hall–Kier alpha value is -2.99. The molecule has 0 aliphatic carbocycles. The third-order valence-electron chi connectivity index (χ3n) is 4.16. The Labute approximate surface area is 162 Å². The first-order valence-electron chi connectivity index (χ1n) is 8.48. The summed E-state index contributed by atoms with van der Waals surface area (Å²) in [6.45, 7) is 2.34. The highest BCUT2D eigenvalue weighted by Crippen LogP contribution is 2.23. The summed E-state index contributed by atoms with van der Waals surface area (Å²) in [4.78, 5) is 31.1. The van der Waals surface area contributed by atoms with Crippen LogP contribution in [0.1, 0.15) is 38.1 Å². The fourth-order valence-electron chi connectivity index (χ4n) is 2.76. The second-order valence-electron chi connectivity index (χ2n) is 6.08. The lowest BCUT2D eigenvalue weighted by atomic mass is 10.1. The van der Waals surface area contributed by atoms with Gasteiger partial charge < -0.3 is 9.64 Å². The first-order chi connectivity index (χ1) is 13.1.